The SMILES string of the molecule is Cc1c(C2C3CCC2CN(c2cnn(C)c2)C3)sc2c1c(=O)n(-c1ccc(F)cc1)c(=O)n2C. The fourth-order valence-electron chi connectivity index (χ4n) is 6.01. The van der Waals surface area contributed by atoms with Crippen molar-refractivity contribution >= 4 is 27.2 Å². The van der Waals surface area contributed by atoms with Gasteiger partial charge in [-0.15, -0.1) is 11.3 Å². The van der Waals surface area contributed by atoms with Gasteiger partial charge in [0.1, 0.15) is 10.6 Å². The Morgan fingerprint density at radius 3 is 2.32 bits per heavy atom. The molecule has 0 spiro atoms. The molecule has 2 unspecified atom stereocenters. The molecular weight excluding hydrogens is 453 g/mol. The Morgan fingerprint density at radius 2 is 1.71 bits per heavy atom. The fourth-order valence-corrected chi connectivity index (χ4v) is 7.55. The van der Waals surface area contributed by atoms with Gasteiger partial charge in [-0.25, -0.2) is 13.8 Å². The van der Waals surface area contributed by atoms with E-state index in [-0.39, 0.29) is 5.56 Å². The summed E-state index contributed by atoms with van der Waals surface area (Å²) >= 11 is 1.60. The summed E-state index contributed by atoms with van der Waals surface area (Å²) in [6.45, 7) is 3.96. The van der Waals surface area contributed by atoms with Crippen LogP contribution in [-0.2, 0) is 14.1 Å². The highest BCUT2D eigenvalue weighted by Gasteiger charge is 2.44. The van der Waals surface area contributed by atoms with Crippen molar-refractivity contribution in [3.05, 3.63) is 73.8 Å². The Morgan fingerprint density at radius 1 is 1.03 bits per heavy atom. The number of thiophene rings is 1. The number of fused-ring (bicyclic) bond motifs is 3. The predicted octanol–water partition coefficient (Wildman–Crippen LogP) is 3.56. The lowest BCUT2D eigenvalue weighted by molar-refractivity contribution is 0.360. The standard InChI is InChI=1S/C25H26FN5O2S/c1-14-20-23(32)31(18-8-6-17(26)7-9-18)25(33)29(3)24(20)34-22(14)21-15-4-5-16(21)12-30(11-15)19-10-27-28(2)13-19/h6-10,13,15-16,21H,4-5,11-12H2,1-3H3. The van der Waals surface area contributed by atoms with Crippen molar-refractivity contribution in [1.29, 1.82) is 0 Å². The van der Waals surface area contributed by atoms with Crippen molar-refractivity contribution in [1.82, 2.24) is 18.9 Å². The number of rotatable bonds is 3. The van der Waals surface area contributed by atoms with Gasteiger partial charge >= 0.3 is 5.69 Å². The number of piperidine rings is 1. The number of benzene rings is 1. The minimum absolute atomic E-state index is 0.329. The van der Waals surface area contributed by atoms with Gasteiger partial charge in [0.05, 0.1) is 23.0 Å². The van der Waals surface area contributed by atoms with E-state index in [4.69, 9.17) is 0 Å². The van der Waals surface area contributed by atoms with Crippen molar-refractivity contribution in [3.63, 3.8) is 0 Å². The summed E-state index contributed by atoms with van der Waals surface area (Å²) in [5.41, 5.74) is 1.78. The van der Waals surface area contributed by atoms with E-state index in [1.807, 2.05) is 24.9 Å². The molecule has 2 atom stereocenters. The highest BCUT2D eigenvalue weighted by atomic mass is 32.1. The Balaban J connectivity index is 1.45. The van der Waals surface area contributed by atoms with Gasteiger partial charge in [-0.2, -0.15) is 5.10 Å². The van der Waals surface area contributed by atoms with E-state index in [0.717, 1.165) is 33.7 Å². The van der Waals surface area contributed by atoms with Gasteiger partial charge in [0.15, 0.2) is 0 Å². The number of nitrogens with zero attached hydrogens (tertiary/aromatic N) is 5. The molecule has 0 radical (unpaired) electrons. The van der Waals surface area contributed by atoms with Gasteiger partial charge in [-0.3, -0.25) is 14.0 Å². The zero-order valence-corrected chi connectivity index (χ0v) is 20.2. The maximum absolute atomic E-state index is 13.6. The van der Waals surface area contributed by atoms with E-state index in [9.17, 15) is 14.0 Å². The van der Waals surface area contributed by atoms with Gasteiger partial charge in [0.2, 0.25) is 0 Å². The largest absolute Gasteiger partial charge is 0.368 e. The molecule has 1 saturated carbocycles. The molecule has 9 heteroatoms. The summed E-state index contributed by atoms with van der Waals surface area (Å²) in [6.07, 6.45) is 6.33. The third kappa shape index (κ3) is 3.10. The van der Waals surface area contributed by atoms with Gasteiger partial charge in [0.25, 0.3) is 5.56 Å². The molecule has 34 heavy (non-hydrogen) atoms. The topological polar surface area (TPSA) is 65.1 Å². The molecule has 4 aromatic rings. The number of aryl methyl sites for hydroxylation is 3. The summed E-state index contributed by atoms with van der Waals surface area (Å²) in [4.78, 5) is 31.1. The Hall–Kier alpha value is -3.20. The summed E-state index contributed by atoms with van der Waals surface area (Å²) in [7, 11) is 3.65. The summed E-state index contributed by atoms with van der Waals surface area (Å²) < 4.78 is 18.0. The van der Waals surface area contributed by atoms with Crippen LogP contribution in [0, 0.1) is 24.6 Å². The molecule has 2 aliphatic rings. The fraction of sp³-hybridized carbons (Fsp3) is 0.400. The second-order valence-corrected chi connectivity index (χ2v) is 10.7. The second-order valence-electron chi connectivity index (χ2n) is 9.63. The molecule has 6 rings (SSSR count). The van der Waals surface area contributed by atoms with Crippen molar-refractivity contribution in [3.8, 4) is 5.69 Å². The minimum Gasteiger partial charge on any atom is -0.368 e. The number of hydrogen-bond donors (Lipinski definition) is 0. The molecule has 7 nitrogen and oxygen atoms in total. The van der Waals surface area contributed by atoms with Crippen LogP contribution in [0.15, 0.2) is 46.2 Å². The lowest BCUT2D eigenvalue weighted by Gasteiger charge is -2.38. The Labute approximate surface area is 199 Å². The van der Waals surface area contributed by atoms with Crippen LogP contribution in [0.5, 0.6) is 0 Å². The summed E-state index contributed by atoms with van der Waals surface area (Å²) in [5.74, 6) is 0.986. The third-order valence-corrected chi connectivity index (χ3v) is 9.11. The first-order valence-corrected chi connectivity index (χ1v) is 12.4. The Kier molecular flexibility index (Phi) is 4.81. The van der Waals surface area contributed by atoms with Crippen LogP contribution < -0.4 is 16.1 Å². The van der Waals surface area contributed by atoms with Crippen LogP contribution in [-0.4, -0.2) is 32.0 Å². The van der Waals surface area contributed by atoms with Crippen LogP contribution in [0.1, 0.15) is 29.2 Å². The monoisotopic (exact) mass is 479 g/mol. The number of anilines is 1. The van der Waals surface area contributed by atoms with Crippen LogP contribution in [0.4, 0.5) is 10.1 Å². The summed E-state index contributed by atoms with van der Waals surface area (Å²) in [6, 6.07) is 5.48. The minimum atomic E-state index is -0.411. The quantitative estimate of drug-likeness (QED) is 0.451. The average molecular weight is 480 g/mol. The molecule has 1 aliphatic carbocycles. The number of halogens is 1. The van der Waals surface area contributed by atoms with Crippen molar-refractivity contribution in [2.75, 3.05) is 18.0 Å². The average Bonchev–Trinajstić information content (AvgIpc) is 3.47. The van der Waals surface area contributed by atoms with Gasteiger partial charge < -0.3 is 4.90 Å². The first-order valence-electron chi connectivity index (χ1n) is 11.6. The number of aromatic nitrogens is 4. The van der Waals surface area contributed by atoms with E-state index < -0.39 is 11.5 Å². The molecule has 4 heterocycles. The van der Waals surface area contributed by atoms with Crippen LogP contribution in [0.25, 0.3) is 15.9 Å². The van der Waals surface area contributed by atoms with E-state index in [1.165, 1.54) is 42.0 Å². The Bertz CT molecular complexity index is 1520. The molecule has 2 bridgehead atoms. The van der Waals surface area contributed by atoms with Crippen LogP contribution >= 0.6 is 11.3 Å². The molecule has 1 saturated heterocycles. The number of hydrogen-bond acceptors (Lipinski definition) is 5. The molecular formula is C25H26FN5O2S. The molecule has 1 aliphatic heterocycles. The van der Waals surface area contributed by atoms with E-state index >= 15 is 0 Å². The van der Waals surface area contributed by atoms with Crippen molar-refractivity contribution in [2.45, 2.75) is 25.7 Å². The van der Waals surface area contributed by atoms with E-state index in [2.05, 4.69) is 16.2 Å². The smallest absolute Gasteiger partial charge is 0.336 e. The maximum Gasteiger partial charge on any atom is 0.336 e. The van der Waals surface area contributed by atoms with Gasteiger partial charge in [-0.05, 0) is 61.4 Å². The van der Waals surface area contributed by atoms with E-state index in [0.29, 0.717) is 28.8 Å². The predicted molar refractivity (Wildman–Crippen MR) is 132 cm³/mol. The highest BCUT2D eigenvalue weighted by molar-refractivity contribution is 7.19. The van der Waals surface area contributed by atoms with Crippen LogP contribution in [0.2, 0.25) is 0 Å². The lowest BCUT2D eigenvalue weighted by atomic mass is 9.82. The van der Waals surface area contributed by atoms with E-state index in [1.54, 1.807) is 23.0 Å². The molecule has 0 amide bonds. The molecule has 3 aromatic heterocycles. The second kappa shape index (κ2) is 7.66. The first-order chi connectivity index (χ1) is 16.3. The zero-order valence-electron chi connectivity index (χ0n) is 19.4. The lowest BCUT2D eigenvalue weighted by Crippen LogP contribution is -2.40. The molecule has 1 aromatic carbocycles. The van der Waals surface area contributed by atoms with Crippen molar-refractivity contribution < 1.29 is 4.39 Å². The van der Waals surface area contributed by atoms with Gasteiger partial charge in [-0.1, -0.05) is 0 Å². The third-order valence-electron chi connectivity index (χ3n) is 7.64. The molecule has 2 fully saturated rings. The maximum atomic E-state index is 13.6. The normalized spacial score (nSPS) is 22.1. The van der Waals surface area contributed by atoms with Crippen molar-refractivity contribution in [2.24, 2.45) is 25.9 Å². The van der Waals surface area contributed by atoms with Crippen LogP contribution in [0.3, 0.4) is 0 Å². The first kappa shape index (κ1) is 21.3. The molecule has 0 N–H and O–H groups in total. The zero-order chi connectivity index (χ0) is 23.7. The summed E-state index contributed by atoms with van der Waals surface area (Å²) in [5, 5.41) is 4.93. The van der Waals surface area contributed by atoms with Gasteiger partial charge in [0, 0.05) is 44.2 Å². The highest BCUT2D eigenvalue weighted by Crippen LogP contribution is 2.52. The molecule has 176 valence electrons.